The summed E-state index contributed by atoms with van der Waals surface area (Å²) in [6, 6.07) is 1.27. The van der Waals surface area contributed by atoms with Gasteiger partial charge in [0.25, 0.3) is 0 Å². The minimum Gasteiger partial charge on any atom is -0.358 e. The van der Waals surface area contributed by atoms with Gasteiger partial charge in [0.05, 0.1) is 6.54 Å². The van der Waals surface area contributed by atoms with E-state index in [4.69, 9.17) is 0 Å². The number of amides is 1. The van der Waals surface area contributed by atoms with E-state index >= 15 is 0 Å². The Labute approximate surface area is 105 Å². The van der Waals surface area contributed by atoms with Crippen LogP contribution in [0.25, 0.3) is 0 Å². The summed E-state index contributed by atoms with van der Waals surface area (Å²) in [6.45, 7) is 3.85. The third kappa shape index (κ3) is 5.04. The molecule has 0 spiro atoms. The van der Waals surface area contributed by atoms with Gasteiger partial charge < -0.3 is 10.6 Å². The number of hydrogen-bond donors (Lipinski definition) is 2. The summed E-state index contributed by atoms with van der Waals surface area (Å²) in [5.41, 5.74) is 0. The van der Waals surface area contributed by atoms with Gasteiger partial charge in [-0.15, -0.1) is 0 Å². The molecule has 0 saturated heterocycles. The molecule has 1 rings (SSSR count). The number of rotatable bonds is 6. The lowest BCUT2D eigenvalue weighted by Crippen LogP contribution is -2.44. The minimum absolute atomic E-state index is 0.110. The van der Waals surface area contributed by atoms with Crippen LogP contribution in [0.1, 0.15) is 39.0 Å². The Bertz CT molecular complexity index is 225. The van der Waals surface area contributed by atoms with Crippen LogP contribution in [0.15, 0.2) is 0 Å². The standard InChI is InChI=1S/C13H27N3O/c1-4-9-15-11-5-7-12(8-6-11)16(3)10-13(17)14-2/h11-12,15H,4-10H2,1-3H3,(H,14,17). The molecule has 0 atom stereocenters. The number of nitrogens with one attached hydrogen (secondary N) is 2. The number of nitrogens with zero attached hydrogens (tertiary/aromatic N) is 1. The second kappa shape index (κ2) is 7.67. The van der Waals surface area contributed by atoms with Crippen LogP contribution >= 0.6 is 0 Å². The number of hydrogen-bond acceptors (Lipinski definition) is 3. The molecule has 1 aliphatic rings. The molecular weight excluding hydrogens is 214 g/mol. The highest BCUT2D eigenvalue weighted by molar-refractivity contribution is 5.77. The molecule has 100 valence electrons. The Hall–Kier alpha value is -0.610. The molecule has 0 heterocycles. The van der Waals surface area contributed by atoms with Gasteiger partial charge in [-0.25, -0.2) is 0 Å². The van der Waals surface area contributed by atoms with Crippen molar-refractivity contribution in [1.29, 1.82) is 0 Å². The highest BCUT2D eigenvalue weighted by atomic mass is 16.1. The Morgan fingerprint density at radius 1 is 1.29 bits per heavy atom. The molecule has 4 nitrogen and oxygen atoms in total. The van der Waals surface area contributed by atoms with E-state index in [9.17, 15) is 4.79 Å². The predicted molar refractivity (Wildman–Crippen MR) is 71.0 cm³/mol. The Balaban J connectivity index is 2.23. The molecule has 0 aromatic carbocycles. The smallest absolute Gasteiger partial charge is 0.233 e. The van der Waals surface area contributed by atoms with Crippen LogP contribution in [0, 0.1) is 0 Å². The number of likely N-dealkylation sites (N-methyl/N-ethyl adjacent to an activating group) is 2. The third-order valence-electron chi connectivity index (χ3n) is 3.67. The maximum absolute atomic E-state index is 11.3. The van der Waals surface area contributed by atoms with Crippen LogP contribution in [0.4, 0.5) is 0 Å². The van der Waals surface area contributed by atoms with Crippen molar-refractivity contribution in [3.63, 3.8) is 0 Å². The Morgan fingerprint density at radius 3 is 2.47 bits per heavy atom. The fourth-order valence-corrected chi connectivity index (χ4v) is 2.50. The topological polar surface area (TPSA) is 44.4 Å². The van der Waals surface area contributed by atoms with Crippen LogP contribution in [-0.4, -0.2) is 50.1 Å². The summed E-state index contributed by atoms with van der Waals surface area (Å²) in [7, 11) is 3.75. The fraction of sp³-hybridized carbons (Fsp3) is 0.923. The molecule has 0 aromatic heterocycles. The zero-order valence-corrected chi connectivity index (χ0v) is 11.5. The molecule has 0 unspecified atom stereocenters. The van der Waals surface area contributed by atoms with Crippen LogP contribution in [0.3, 0.4) is 0 Å². The van der Waals surface area contributed by atoms with Gasteiger partial charge in [0.2, 0.25) is 5.91 Å². The minimum atomic E-state index is 0.110. The first-order valence-electron chi connectivity index (χ1n) is 6.81. The largest absolute Gasteiger partial charge is 0.358 e. The van der Waals surface area contributed by atoms with E-state index in [1.54, 1.807) is 7.05 Å². The van der Waals surface area contributed by atoms with Crippen molar-refractivity contribution >= 4 is 5.91 Å². The van der Waals surface area contributed by atoms with Gasteiger partial charge in [0.1, 0.15) is 0 Å². The molecule has 1 aliphatic carbocycles. The summed E-state index contributed by atoms with van der Waals surface area (Å²) < 4.78 is 0. The molecule has 1 fully saturated rings. The summed E-state index contributed by atoms with van der Waals surface area (Å²) in [6.07, 6.45) is 6.09. The van der Waals surface area contributed by atoms with Gasteiger partial charge in [-0.05, 0) is 45.7 Å². The highest BCUT2D eigenvalue weighted by Gasteiger charge is 2.24. The summed E-state index contributed by atoms with van der Waals surface area (Å²) in [5, 5.41) is 6.26. The van der Waals surface area contributed by atoms with Crippen molar-refractivity contribution in [1.82, 2.24) is 15.5 Å². The first kappa shape index (κ1) is 14.5. The molecule has 1 saturated carbocycles. The van der Waals surface area contributed by atoms with Crippen molar-refractivity contribution in [2.24, 2.45) is 0 Å². The third-order valence-corrected chi connectivity index (χ3v) is 3.67. The monoisotopic (exact) mass is 241 g/mol. The second-order valence-electron chi connectivity index (χ2n) is 5.05. The van der Waals surface area contributed by atoms with Crippen molar-refractivity contribution < 1.29 is 4.79 Å². The van der Waals surface area contributed by atoms with Gasteiger partial charge in [-0.2, -0.15) is 0 Å². The van der Waals surface area contributed by atoms with Gasteiger partial charge in [-0.1, -0.05) is 6.92 Å². The zero-order valence-electron chi connectivity index (χ0n) is 11.5. The quantitative estimate of drug-likeness (QED) is 0.728. The number of carbonyl (C=O) groups is 1. The van der Waals surface area contributed by atoms with Crippen molar-refractivity contribution in [2.75, 3.05) is 27.2 Å². The fourth-order valence-electron chi connectivity index (χ4n) is 2.50. The van der Waals surface area contributed by atoms with Crippen molar-refractivity contribution in [2.45, 2.75) is 51.1 Å². The predicted octanol–water partition coefficient (Wildman–Crippen LogP) is 0.975. The highest BCUT2D eigenvalue weighted by Crippen LogP contribution is 2.22. The molecule has 2 N–H and O–H groups in total. The van der Waals surface area contributed by atoms with E-state index in [1.807, 2.05) is 0 Å². The molecule has 1 amide bonds. The van der Waals surface area contributed by atoms with Gasteiger partial charge in [-0.3, -0.25) is 9.69 Å². The molecule has 0 aromatic rings. The van der Waals surface area contributed by atoms with Gasteiger partial charge in [0.15, 0.2) is 0 Å². The lowest BCUT2D eigenvalue weighted by molar-refractivity contribution is -0.122. The van der Waals surface area contributed by atoms with Crippen LogP contribution in [0.5, 0.6) is 0 Å². The van der Waals surface area contributed by atoms with E-state index in [-0.39, 0.29) is 5.91 Å². The van der Waals surface area contributed by atoms with Gasteiger partial charge in [0, 0.05) is 19.1 Å². The summed E-state index contributed by atoms with van der Waals surface area (Å²) >= 11 is 0. The average Bonchev–Trinajstić information content (AvgIpc) is 2.36. The average molecular weight is 241 g/mol. The first-order chi connectivity index (χ1) is 8.17. The maximum Gasteiger partial charge on any atom is 0.233 e. The SMILES string of the molecule is CCCNC1CCC(N(C)CC(=O)NC)CC1. The summed E-state index contributed by atoms with van der Waals surface area (Å²) in [5.74, 6) is 0.110. The second-order valence-corrected chi connectivity index (χ2v) is 5.05. The lowest BCUT2D eigenvalue weighted by Gasteiger charge is -2.34. The first-order valence-corrected chi connectivity index (χ1v) is 6.81. The van der Waals surface area contributed by atoms with E-state index in [0.717, 1.165) is 6.54 Å². The molecule has 0 aliphatic heterocycles. The molecule has 0 radical (unpaired) electrons. The summed E-state index contributed by atoms with van der Waals surface area (Å²) in [4.78, 5) is 13.5. The maximum atomic E-state index is 11.3. The molecule has 17 heavy (non-hydrogen) atoms. The Morgan fingerprint density at radius 2 is 1.94 bits per heavy atom. The molecule has 0 bridgehead atoms. The van der Waals surface area contributed by atoms with E-state index < -0.39 is 0 Å². The van der Waals surface area contributed by atoms with Crippen LogP contribution < -0.4 is 10.6 Å². The zero-order chi connectivity index (χ0) is 12.7. The van der Waals surface area contributed by atoms with Gasteiger partial charge >= 0.3 is 0 Å². The number of carbonyl (C=O) groups excluding carboxylic acids is 1. The Kier molecular flexibility index (Phi) is 6.52. The van der Waals surface area contributed by atoms with Crippen molar-refractivity contribution in [3.05, 3.63) is 0 Å². The van der Waals surface area contributed by atoms with E-state index in [1.165, 1.54) is 32.1 Å². The molecule has 4 heteroatoms. The lowest BCUT2D eigenvalue weighted by atomic mass is 9.90. The molecular formula is C13H27N3O. The van der Waals surface area contributed by atoms with Crippen LogP contribution in [0.2, 0.25) is 0 Å². The van der Waals surface area contributed by atoms with E-state index in [2.05, 4.69) is 29.5 Å². The van der Waals surface area contributed by atoms with E-state index in [0.29, 0.717) is 18.6 Å². The van der Waals surface area contributed by atoms with Crippen molar-refractivity contribution in [3.8, 4) is 0 Å². The normalized spacial score (nSPS) is 24.9. The van der Waals surface area contributed by atoms with Crippen LogP contribution in [-0.2, 0) is 4.79 Å².